The van der Waals surface area contributed by atoms with E-state index in [1.54, 1.807) is 4.90 Å². The van der Waals surface area contributed by atoms with Crippen LogP contribution in [0.15, 0.2) is 29.4 Å². The van der Waals surface area contributed by atoms with Crippen LogP contribution < -0.4 is 0 Å². The zero-order valence-electron chi connectivity index (χ0n) is 9.27. The number of oxime groups is 1. The lowest BCUT2D eigenvalue weighted by Crippen LogP contribution is -2.38. The van der Waals surface area contributed by atoms with E-state index in [4.69, 9.17) is 5.21 Å². The number of halogens is 1. The predicted octanol–water partition coefficient (Wildman–Crippen LogP) is 1.89. The van der Waals surface area contributed by atoms with E-state index in [-0.39, 0.29) is 11.7 Å². The molecule has 5 heteroatoms. The number of benzene rings is 1. The third kappa shape index (κ3) is 2.61. The largest absolute Gasteiger partial charge is 0.411 e. The van der Waals surface area contributed by atoms with Gasteiger partial charge in [-0.3, -0.25) is 4.79 Å². The summed E-state index contributed by atoms with van der Waals surface area (Å²) in [6.07, 6.45) is 1.17. The van der Waals surface area contributed by atoms with Crippen molar-refractivity contribution in [2.24, 2.45) is 5.16 Å². The van der Waals surface area contributed by atoms with Crippen LogP contribution in [0.2, 0.25) is 0 Å². The first kappa shape index (κ1) is 11.6. The fourth-order valence-corrected chi connectivity index (χ4v) is 1.84. The van der Waals surface area contributed by atoms with Crippen LogP contribution in [-0.2, 0) is 0 Å². The van der Waals surface area contributed by atoms with Gasteiger partial charge in [0.25, 0.3) is 5.91 Å². The van der Waals surface area contributed by atoms with Gasteiger partial charge in [-0.2, -0.15) is 0 Å². The number of hydrogen-bond acceptors (Lipinski definition) is 3. The Bertz CT molecular complexity index is 432. The maximum Gasteiger partial charge on any atom is 0.253 e. The van der Waals surface area contributed by atoms with Crippen molar-refractivity contribution in [1.82, 2.24) is 4.90 Å². The van der Waals surface area contributed by atoms with E-state index >= 15 is 0 Å². The smallest absolute Gasteiger partial charge is 0.253 e. The second-order valence-corrected chi connectivity index (χ2v) is 3.97. The standard InChI is InChI=1S/C12H13FN2O2/c13-10-3-1-9(2-4-10)12(16)15-7-5-11(14-17)6-8-15/h1-4,17H,5-8H2. The molecule has 1 aromatic carbocycles. The monoisotopic (exact) mass is 236 g/mol. The van der Waals surface area contributed by atoms with Gasteiger partial charge in [0.15, 0.2) is 0 Å². The van der Waals surface area contributed by atoms with Crippen LogP contribution in [0.3, 0.4) is 0 Å². The van der Waals surface area contributed by atoms with Gasteiger partial charge in [-0.1, -0.05) is 5.16 Å². The topological polar surface area (TPSA) is 52.9 Å². The van der Waals surface area contributed by atoms with Gasteiger partial charge in [0.2, 0.25) is 0 Å². The van der Waals surface area contributed by atoms with Crippen LogP contribution in [0.25, 0.3) is 0 Å². The van der Waals surface area contributed by atoms with Crippen LogP contribution in [0, 0.1) is 5.82 Å². The molecule has 1 aliphatic rings. The highest BCUT2D eigenvalue weighted by molar-refractivity contribution is 5.95. The Labute approximate surface area is 98.3 Å². The maximum absolute atomic E-state index is 12.7. The zero-order valence-corrected chi connectivity index (χ0v) is 9.27. The number of carbonyl (C=O) groups excluding carboxylic acids is 1. The Morgan fingerprint density at radius 1 is 1.24 bits per heavy atom. The third-order valence-electron chi connectivity index (χ3n) is 2.86. The van der Waals surface area contributed by atoms with Crippen molar-refractivity contribution in [1.29, 1.82) is 0 Å². The van der Waals surface area contributed by atoms with Gasteiger partial charge < -0.3 is 10.1 Å². The Balaban J connectivity index is 2.04. The Morgan fingerprint density at radius 3 is 2.35 bits per heavy atom. The lowest BCUT2D eigenvalue weighted by atomic mass is 10.1. The molecule has 0 aromatic heterocycles. The van der Waals surface area contributed by atoms with Gasteiger partial charge in [0.1, 0.15) is 5.82 Å². The fourth-order valence-electron chi connectivity index (χ4n) is 1.84. The summed E-state index contributed by atoms with van der Waals surface area (Å²) in [5, 5.41) is 11.8. The second-order valence-electron chi connectivity index (χ2n) is 3.97. The molecule has 0 saturated carbocycles. The number of piperidine rings is 1. The van der Waals surface area contributed by atoms with Crippen LogP contribution in [0.1, 0.15) is 23.2 Å². The van der Waals surface area contributed by atoms with Crippen molar-refractivity contribution in [2.45, 2.75) is 12.8 Å². The summed E-state index contributed by atoms with van der Waals surface area (Å²) in [6, 6.07) is 5.51. The van der Waals surface area contributed by atoms with Crippen molar-refractivity contribution in [3.63, 3.8) is 0 Å². The lowest BCUT2D eigenvalue weighted by Gasteiger charge is -2.27. The molecule has 0 radical (unpaired) electrons. The van der Waals surface area contributed by atoms with E-state index < -0.39 is 0 Å². The van der Waals surface area contributed by atoms with Gasteiger partial charge in [-0.15, -0.1) is 0 Å². The summed E-state index contributed by atoms with van der Waals surface area (Å²) < 4.78 is 12.7. The molecule has 2 rings (SSSR count). The lowest BCUT2D eigenvalue weighted by molar-refractivity contribution is 0.0753. The first-order chi connectivity index (χ1) is 8.20. The van der Waals surface area contributed by atoms with Crippen LogP contribution >= 0.6 is 0 Å². The number of rotatable bonds is 1. The first-order valence-electron chi connectivity index (χ1n) is 5.45. The summed E-state index contributed by atoms with van der Waals surface area (Å²) in [7, 11) is 0. The summed E-state index contributed by atoms with van der Waals surface area (Å²) in [5.41, 5.74) is 1.20. The number of hydrogen-bond donors (Lipinski definition) is 1. The van der Waals surface area contributed by atoms with Gasteiger partial charge >= 0.3 is 0 Å². The molecule has 0 spiro atoms. The molecule has 1 amide bonds. The molecule has 0 unspecified atom stereocenters. The number of likely N-dealkylation sites (tertiary alicyclic amines) is 1. The molecular weight excluding hydrogens is 223 g/mol. The highest BCUT2D eigenvalue weighted by Gasteiger charge is 2.21. The molecule has 1 heterocycles. The minimum absolute atomic E-state index is 0.109. The fraction of sp³-hybridized carbons (Fsp3) is 0.333. The minimum atomic E-state index is -0.352. The molecule has 4 nitrogen and oxygen atoms in total. The summed E-state index contributed by atoms with van der Waals surface area (Å²) >= 11 is 0. The molecule has 0 bridgehead atoms. The third-order valence-corrected chi connectivity index (χ3v) is 2.86. The summed E-state index contributed by atoms with van der Waals surface area (Å²) in [4.78, 5) is 13.7. The van der Waals surface area contributed by atoms with Gasteiger partial charge in [0.05, 0.1) is 5.71 Å². The first-order valence-corrected chi connectivity index (χ1v) is 5.45. The summed E-state index contributed by atoms with van der Waals surface area (Å²) in [5.74, 6) is -0.461. The molecule has 1 aromatic rings. The van der Waals surface area contributed by atoms with E-state index in [9.17, 15) is 9.18 Å². The number of carbonyl (C=O) groups is 1. The second kappa shape index (κ2) is 4.95. The Kier molecular flexibility index (Phi) is 3.37. The molecule has 17 heavy (non-hydrogen) atoms. The Morgan fingerprint density at radius 2 is 1.82 bits per heavy atom. The van der Waals surface area contributed by atoms with E-state index in [1.807, 2.05) is 0 Å². The van der Waals surface area contributed by atoms with Crippen molar-refractivity contribution < 1.29 is 14.4 Å². The maximum atomic E-state index is 12.7. The van der Waals surface area contributed by atoms with Crippen LogP contribution in [-0.4, -0.2) is 34.8 Å². The van der Waals surface area contributed by atoms with Crippen molar-refractivity contribution in [3.05, 3.63) is 35.6 Å². The zero-order chi connectivity index (χ0) is 12.3. The molecule has 1 aliphatic heterocycles. The van der Waals surface area contributed by atoms with E-state index in [2.05, 4.69) is 5.16 Å². The highest BCUT2D eigenvalue weighted by atomic mass is 19.1. The van der Waals surface area contributed by atoms with Crippen LogP contribution in [0.5, 0.6) is 0 Å². The van der Waals surface area contributed by atoms with E-state index in [0.29, 0.717) is 37.2 Å². The number of nitrogens with zero attached hydrogens (tertiary/aromatic N) is 2. The van der Waals surface area contributed by atoms with Gasteiger partial charge in [-0.25, -0.2) is 4.39 Å². The normalized spacial score (nSPS) is 15.8. The van der Waals surface area contributed by atoms with Crippen LogP contribution in [0.4, 0.5) is 4.39 Å². The molecule has 1 N–H and O–H groups in total. The molecule has 1 saturated heterocycles. The van der Waals surface area contributed by atoms with Crippen molar-refractivity contribution in [2.75, 3.05) is 13.1 Å². The average Bonchev–Trinajstić information content (AvgIpc) is 2.39. The van der Waals surface area contributed by atoms with E-state index in [1.165, 1.54) is 24.3 Å². The van der Waals surface area contributed by atoms with Crippen molar-refractivity contribution in [3.8, 4) is 0 Å². The average molecular weight is 236 g/mol. The minimum Gasteiger partial charge on any atom is -0.411 e. The SMILES string of the molecule is O=C(c1ccc(F)cc1)N1CCC(=NO)CC1. The predicted molar refractivity (Wildman–Crippen MR) is 60.8 cm³/mol. The molecule has 0 aliphatic carbocycles. The quantitative estimate of drug-likeness (QED) is 0.598. The van der Waals surface area contributed by atoms with Gasteiger partial charge in [-0.05, 0) is 24.3 Å². The van der Waals surface area contributed by atoms with E-state index in [0.717, 1.165) is 0 Å². The van der Waals surface area contributed by atoms with Gasteiger partial charge in [0, 0.05) is 31.5 Å². The highest BCUT2D eigenvalue weighted by Crippen LogP contribution is 2.12. The summed E-state index contributed by atoms with van der Waals surface area (Å²) in [6.45, 7) is 1.07. The molecular formula is C12H13FN2O2. The van der Waals surface area contributed by atoms with Crippen molar-refractivity contribution >= 4 is 11.6 Å². The number of amides is 1. The molecule has 1 fully saturated rings. The molecule has 90 valence electrons. The Hall–Kier alpha value is -1.91. The molecule has 0 atom stereocenters.